The topological polar surface area (TPSA) is 33.1 Å². The number of nitrogens with zero attached hydrogens (tertiary/aromatic N) is 1. The molecule has 1 aromatic carbocycles. The lowest BCUT2D eigenvalue weighted by Crippen LogP contribution is -1.93. The molecule has 0 amide bonds. The van der Waals surface area contributed by atoms with Crippen LogP contribution >= 0.6 is 0 Å². The summed E-state index contributed by atoms with van der Waals surface area (Å²) in [6, 6.07) is 9.68. The summed E-state index contributed by atoms with van der Waals surface area (Å²) in [6.07, 6.45) is 1.29. The largest absolute Gasteiger partial charge is 0.389 e. The Morgan fingerprint density at radius 3 is 2.77 bits per heavy atom. The van der Waals surface area contributed by atoms with E-state index in [0.29, 0.717) is 0 Å². The number of para-hydroxylation sites is 1. The van der Waals surface area contributed by atoms with Gasteiger partial charge in [0.05, 0.1) is 11.6 Å². The van der Waals surface area contributed by atoms with Crippen LogP contribution in [0.2, 0.25) is 0 Å². The van der Waals surface area contributed by atoms with Gasteiger partial charge in [0.25, 0.3) is 0 Å². The van der Waals surface area contributed by atoms with E-state index in [1.807, 2.05) is 30.3 Å². The van der Waals surface area contributed by atoms with E-state index in [9.17, 15) is 5.11 Å². The number of hydrogen-bond donors (Lipinski definition) is 1. The smallest absolute Gasteiger partial charge is 0.0769 e. The van der Waals surface area contributed by atoms with Crippen molar-refractivity contribution in [3.05, 3.63) is 42.1 Å². The Balaban J connectivity index is 2.76. The molecule has 1 atom stereocenters. The standard InChI is InChI=1S/C11H11NO/c1-8(13)9-6-7-12-11-5-3-2-4-10(9)11/h2-8,13H,1H3/t8-/m0/s1. The summed E-state index contributed by atoms with van der Waals surface area (Å²) in [6.45, 7) is 1.77. The fourth-order valence-electron chi connectivity index (χ4n) is 1.48. The van der Waals surface area contributed by atoms with Crippen molar-refractivity contribution in [1.82, 2.24) is 4.98 Å². The average Bonchev–Trinajstić information content (AvgIpc) is 2.17. The Kier molecular flexibility index (Phi) is 1.99. The number of aliphatic hydroxyl groups excluding tert-OH is 1. The molecular formula is C11H11NO. The maximum Gasteiger partial charge on any atom is 0.0769 e. The van der Waals surface area contributed by atoms with Gasteiger partial charge in [0.15, 0.2) is 0 Å². The van der Waals surface area contributed by atoms with Gasteiger partial charge in [0.2, 0.25) is 0 Å². The maximum atomic E-state index is 9.49. The summed E-state index contributed by atoms with van der Waals surface area (Å²) >= 11 is 0. The quantitative estimate of drug-likeness (QED) is 0.717. The Morgan fingerprint density at radius 2 is 2.00 bits per heavy atom. The van der Waals surface area contributed by atoms with Gasteiger partial charge in [-0.3, -0.25) is 4.98 Å². The van der Waals surface area contributed by atoms with Gasteiger partial charge >= 0.3 is 0 Å². The molecule has 0 spiro atoms. The van der Waals surface area contributed by atoms with Gasteiger partial charge in [-0.25, -0.2) is 0 Å². The first-order valence-corrected chi connectivity index (χ1v) is 4.31. The second kappa shape index (κ2) is 3.15. The molecule has 0 aliphatic rings. The van der Waals surface area contributed by atoms with Gasteiger partial charge in [-0.1, -0.05) is 18.2 Å². The summed E-state index contributed by atoms with van der Waals surface area (Å²) in [5, 5.41) is 10.5. The SMILES string of the molecule is C[C@H](O)c1ccnc2ccccc12. The van der Waals surface area contributed by atoms with Crippen LogP contribution in [-0.4, -0.2) is 10.1 Å². The van der Waals surface area contributed by atoms with Crippen LogP contribution in [0.15, 0.2) is 36.5 Å². The van der Waals surface area contributed by atoms with Crippen molar-refractivity contribution in [3.63, 3.8) is 0 Å². The first-order chi connectivity index (χ1) is 6.29. The van der Waals surface area contributed by atoms with E-state index in [-0.39, 0.29) is 0 Å². The van der Waals surface area contributed by atoms with Crippen LogP contribution in [0.4, 0.5) is 0 Å². The first kappa shape index (κ1) is 8.20. The Bertz CT molecular complexity index is 418. The second-order valence-electron chi connectivity index (χ2n) is 3.09. The number of hydrogen-bond acceptors (Lipinski definition) is 2. The van der Waals surface area contributed by atoms with E-state index in [1.165, 1.54) is 0 Å². The van der Waals surface area contributed by atoms with E-state index in [0.717, 1.165) is 16.5 Å². The van der Waals surface area contributed by atoms with Gasteiger partial charge in [-0.2, -0.15) is 0 Å². The number of rotatable bonds is 1. The molecule has 2 rings (SSSR count). The van der Waals surface area contributed by atoms with Gasteiger partial charge in [0.1, 0.15) is 0 Å². The highest BCUT2D eigenvalue weighted by Crippen LogP contribution is 2.21. The van der Waals surface area contributed by atoms with Crippen molar-refractivity contribution in [3.8, 4) is 0 Å². The lowest BCUT2D eigenvalue weighted by molar-refractivity contribution is 0.201. The third kappa shape index (κ3) is 1.40. The van der Waals surface area contributed by atoms with E-state index >= 15 is 0 Å². The molecule has 66 valence electrons. The zero-order chi connectivity index (χ0) is 9.26. The van der Waals surface area contributed by atoms with Crippen LogP contribution in [0.5, 0.6) is 0 Å². The van der Waals surface area contributed by atoms with Gasteiger partial charge in [0, 0.05) is 11.6 Å². The minimum atomic E-state index is -0.437. The van der Waals surface area contributed by atoms with Gasteiger partial charge in [-0.15, -0.1) is 0 Å². The Morgan fingerprint density at radius 1 is 1.23 bits per heavy atom. The van der Waals surface area contributed by atoms with Crippen LogP contribution in [0.3, 0.4) is 0 Å². The zero-order valence-corrected chi connectivity index (χ0v) is 7.44. The summed E-state index contributed by atoms with van der Waals surface area (Å²) in [5.41, 5.74) is 1.87. The highest BCUT2D eigenvalue weighted by molar-refractivity contribution is 5.82. The van der Waals surface area contributed by atoms with Crippen LogP contribution in [-0.2, 0) is 0 Å². The molecule has 1 aromatic heterocycles. The molecule has 0 unspecified atom stereocenters. The van der Waals surface area contributed by atoms with Crippen molar-refractivity contribution in [2.24, 2.45) is 0 Å². The molecule has 0 aliphatic carbocycles. The summed E-state index contributed by atoms with van der Waals surface area (Å²) in [7, 11) is 0. The molecule has 0 fully saturated rings. The summed E-state index contributed by atoms with van der Waals surface area (Å²) in [5.74, 6) is 0. The van der Waals surface area contributed by atoms with E-state index in [2.05, 4.69) is 4.98 Å². The summed E-state index contributed by atoms with van der Waals surface area (Å²) < 4.78 is 0. The normalized spacial score (nSPS) is 13.1. The maximum absolute atomic E-state index is 9.49. The number of aliphatic hydroxyl groups is 1. The van der Waals surface area contributed by atoms with Crippen LogP contribution in [0, 0.1) is 0 Å². The lowest BCUT2D eigenvalue weighted by atomic mass is 10.1. The predicted octanol–water partition coefficient (Wildman–Crippen LogP) is 2.29. The molecule has 0 saturated carbocycles. The number of aromatic nitrogens is 1. The molecule has 13 heavy (non-hydrogen) atoms. The average molecular weight is 173 g/mol. The highest BCUT2D eigenvalue weighted by atomic mass is 16.3. The molecule has 2 heteroatoms. The Labute approximate surface area is 76.9 Å². The third-order valence-corrected chi connectivity index (χ3v) is 2.13. The fourth-order valence-corrected chi connectivity index (χ4v) is 1.48. The molecule has 0 bridgehead atoms. The van der Waals surface area contributed by atoms with Crippen LogP contribution < -0.4 is 0 Å². The van der Waals surface area contributed by atoms with E-state index < -0.39 is 6.10 Å². The predicted molar refractivity (Wildman–Crippen MR) is 52.4 cm³/mol. The summed E-state index contributed by atoms with van der Waals surface area (Å²) in [4.78, 5) is 4.21. The molecule has 2 aromatic rings. The molecule has 1 heterocycles. The second-order valence-corrected chi connectivity index (χ2v) is 3.09. The molecular weight excluding hydrogens is 162 g/mol. The fraction of sp³-hybridized carbons (Fsp3) is 0.182. The van der Waals surface area contributed by atoms with Gasteiger partial charge in [-0.05, 0) is 24.6 Å². The molecule has 0 radical (unpaired) electrons. The van der Waals surface area contributed by atoms with E-state index in [4.69, 9.17) is 0 Å². The zero-order valence-electron chi connectivity index (χ0n) is 7.44. The third-order valence-electron chi connectivity index (χ3n) is 2.13. The minimum Gasteiger partial charge on any atom is -0.389 e. The molecule has 1 N–H and O–H groups in total. The highest BCUT2D eigenvalue weighted by Gasteiger charge is 2.05. The van der Waals surface area contributed by atoms with Crippen molar-refractivity contribution >= 4 is 10.9 Å². The van der Waals surface area contributed by atoms with Crippen molar-refractivity contribution in [2.45, 2.75) is 13.0 Å². The van der Waals surface area contributed by atoms with Crippen molar-refractivity contribution < 1.29 is 5.11 Å². The van der Waals surface area contributed by atoms with Crippen molar-refractivity contribution in [2.75, 3.05) is 0 Å². The van der Waals surface area contributed by atoms with E-state index in [1.54, 1.807) is 13.1 Å². The Hall–Kier alpha value is -1.41. The lowest BCUT2D eigenvalue weighted by Gasteiger charge is -2.07. The molecule has 2 nitrogen and oxygen atoms in total. The van der Waals surface area contributed by atoms with Gasteiger partial charge < -0.3 is 5.11 Å². The first-order valence-electron chi connectivity index (χ1n) is 4.31. The molecule has 0 aliphatic heterocycles. The molecule has 0 saturated heterocycles. The monoisotopic (exact) mass is 173 g/mol. The van der Waals surface area contributed by atoms with Crippen LogP contribution in [0.25, 0.3) is 10.9 Å². The van der Waals surface area contributed by atoms with Crippen molar-refractivity contribution in [1.29, 1.82) is 0 Å². The number of benzene rings is 1. The number of fused-ring (bicyclic) bond motifs is 1. The van der Waals surface area contributed by atoms with Crippen LogP contribution in [0.1, 0.15) is 18.6 Å². The minimum absolute atomic E-state index is 0.437. The number of pyridine rings is 1.